The van der Waals surface area contributed by atoms with E-state index in [1.54, 1.807) is 37.6 Å². The van der Waals surface area contributed by atoms with Gasteiger partial charge in [0.1, 0.15) is 0 Å². The lowest BCUT2D eigenvalue weighted by Crippen LogP contribution is -2.49. The summed E-state index contributed by atoms with van der Waals surface area (Å²) in [7, 11) is 0. The van der Waals surface area contributed by atoms with Crippen LogP contribution < -0.4 is 11.1 Å². The number of amides is 1. The van der Waals surface area contributed by atoms with E-state index in [0.717, 1.165) is 29.1 Å². The molecular formula is C15H22Cl2N4OS. The van der Waals surface area contributed by atoms with Gasteiger partial charge in [-0.3, -0.25) is 9.78 Å². The molecule has 3 N–H and O–H groups in total. The second-order valence-electron chi connectivity index (χ2n) is 5.44. The summed E-state index contributed by atoms with van der Waals surface area (Å²) in [5.74, 6) is -0.126. The molecule has 0 saturated carbocycles. The lowest BCUT2D eigenvalue weighted by Gasteiger charge is -2.17. The van der Waals surface area contributed by atoms with E-state index in [9.17, 15) is 4.79 Å². The van der Waals surface area contributed by atoms with Crippen LogP contribution in [0.25, 0.3) is 11.3 Å². The highest BCUT2D eigenvalue weighted by molar-refractivity contribution is 7.09. The number of rotatable bonds is 6. The number of pyridine rings is 1. The van der Waals surface area contributed by atoms with Crippen molar-refractivity contribution >= 4 is 42.1 Å². The first-order chi connectivity index (χ1) is 9.97. The van der Waals surface area contributed by atoms with Crippen LogP contribution in [0.15, 0.2) is 29.9 Å². The van der Waals surface area contributed by atoms with Gasteiger partial charge in [0.2, 0.25) is 5.91 Å². The molecule has 0 spiro atoms. The molecule has 0 aliphatic heterocycles. The first kappa shape index (κ1) is 21.8. The largest absolute Gasteiger partial charge is 0.355 e. The van der Waals surface area contributed by atoms with Crippen LogP contribution in [0, 0.1) is 0 Å². The Morgan fingerprint density at radius 2 is 1.96 bits per heavy atom. The number of carbonyl (C=O) groups excluding carboxylic acids is 1. The van der Waals surface area contributed by atoms with Gasteiger partial charge >= 0.3 is 0 Å². The number of carbonyl (C=O) groups is 1. The molecule has 2 aromatic rings. The van der Waals surface area contributed by atoms with Crippen LogP contribution in [0.1, 0.15) is 25.3 Å². The first-order valence-electron chi connectivity index (χ1n) is 6.89. The number of halogens is 2. The average Bonchev–Trinajstić information content (AvgIpc) is 2.92. The number of aromatic nitrogens is 2. The van der Waals surface area contributed by atoms with Crippen molar-refractivity contribution in [1.29, 1.82) is 0 Å². The molecule has 0 aliphatic carbocycles. The summed E-state index contributed by atoms with van der Waals surface area (Å²) in [6, 6.07) is 3.89. The van der Waals surface area contributed by atoms with Gasteiger partial charge in [-0.05, 0) is 32.4 Å². The smallest absolute Gasteiger partial charge is 0.239 e. The molecule has 0 atom stereocenters. The van der Waals surface area contributed by atoms with Crippen molar-refractivity contribution in [2.45, 2.75) is 32.2 Å². The molecule has 8 heteroatoms. The van der Waals surface area contributed by atoms with Crippen LogP contribution in [0.3, 0.4) is 0 Å². The molecule has 0 unspecified atom stereocenters. The van der Waals surface area contributed by atoms with E-state index in [1.165, 1.54) is 0 Å². The second-order valence-corrected chi connectivity index (χ2v) is 6.39. The van der Waals surface area contributed by atoms with Crippen LogP contribution in [0.2, 0.25) is 0 Å². The van der Waals surface area contributed by atoms with Crippen molar-refractivity contribution in [3.63, 3.8) is 0 Å². The molecule has 0 saturated heterocycles. The Bertz CT molecular complexity index is 599. The Kier molecular flexibility index (Phi) is 9.31. The Morgan fingerprint density at radius 3 is 2.57 bits per heavy atom. The minimum Gasteiger partial charge on any atom is -0.355 e. The molecule has 0 radical (unpaired) electrons. The average molecular weight is 377 g/mol. The van der Waals surface area contributed by atoms with E-state index in [2.05, 4.69) is 15.3 Å². The molecular weight excluding hydrogens is 355 g/mol. The number of nitrogens with zero attached hydrogens (tertiary/aromatic N) is 2. The van der Waals surface area contributed by atoms with Gasteiger partial charge in [-0.2, -0.15) is 0 Å². The maximum Gasteiger partial charge on any atom is 0.239 e. The second kappa shape index (κ2) is 9.82. The third-order valence-electron chi connectivity index (χ3n) is 2.97. The van der Waals surface area contributed by atoms with Crippen LogP contribution in [-0.2, 0) is 11.2 Å². The standard InChI is InChI=1S/C15H20N4OS.2ClH/c1-15(2,16)14(20)18-7-3-4-13-19-12(10-21-13)11-5-8-17-9-6-11;;/h5-6,8-10H,3-4,7,16H2,1-2H3,(H,18,20);2*1H. The number of hydrogen-bond donors (Lipinski definition) is 2. The highest BCUT2D eigenvalue weighted by atomic mass is 35.5. The van der Waals surface area contributed by atoms with Gasteiger partial charge in [0.25, 0.3) is 0 Å². The zero-order valence-corrected chi connectivity index (χ0v) is 15.6. The van der Waals surface area contributed by atoms with Gasteiger partial charge in [-0.1, -0.05) is 0 Å². The zero-order valence-electron chi connectivity index (χ0n) is 13.1. The normalized spacial score (nSPS) is 10.4. The van der Waals surface area contributed by atoms with Gasteiger partial charge in [-0.25, -0.2) is 4.98 Å². The van der Waals surface area contributed by atoms with Gasteiger partial charge in [-0.15, -0.1) is 36.2 Å². The number of thiazole rings is 1. The summed E-state index contributed by atoms with van der Waals surface area (Å²) in [5, 5.41) is 5.96. The Labute approximate surface area is 152 Å². The molecule has 23 heavy (non-hydrogen) atoms. The summed E-state index contributed by atoms with van der Waals surface area (Å²) in [5.41, 5.74) is 6.94. The van der Waals surface area contributed by atoms with E-state index in [0.29, 0.717) is 6.54 Å². The van der Waals surface area contributed by atoms with Crippen molar-refractivity contribution in [2.24, 2.45) is 5.73 Å². The molecule has 1 amide bonds. The van der Waals surface area contributed by atoms with Crippen molar-refractivity contribution < 1.29 is 4.79 Å². The van der Waals surface area contributed by atoms with Crippen molar-refractivity contribution in [3.05, 3.63) is 34.9 Å². The molecule has 2 rings (SSSR count). The van der Waals surface area contributed by atoms with E-state index in [1.807, 2.05) is 17.5 Å². The fourth-order valence-corrected chi connectivity index (χ4v) is 2.60. The molecule has 2 aromatic heterocycles. The number of aryl methyl sites for hydroxylation is 1. The summed E-state index contributed by atoms with van der Waals surface area (Å²) in [4.78, 5) is 20.2. The highest BCUT2D eigenvalue weighted by Gasteiger charge is 2.20. The molecule has 5 nitrogen and oxygen atoms in total. The lowest BCUT2D eigenvalue weighted by atomic mass is 10.1. The zero-order chi connectivity index (χ0) is 15.3. The van der Waals surface area contributed by atoms with Crippen LogP contribution in [0.4, 0.5) is 0 Å². The monoisotopic (exact) mass is 376 g/mol. The Morgan fingerprint density at radius 1 is 1.30 bits per heavy atom. The Balaban J connectivity index is 0.00000242. The van der Waals surface area contributed by atoms with Crippen LogP contribution in [0.5, 0.6) is 0 Å². The first-order valence-corrected chi connectivity index (χ1v) is 7.77. The summed E-state index contributed by atoms with van der Waals surface area (Å²) >= 11 is 1.64. The summed E-state index contributed by atoms with van der Waals surface area (Å²) < 4.78 is 0. The quantitative estimate of drug-likeness (QED) is 0.759. The fraction of sp³-hybridized carbons (Fsp3) is 0.400. The number of nitrogens with one attached hydrogen (secondary N) is 1. The predicted molar refractivity (Wildman–Crippen MR) is 99.4 cm³/mol. The van der Waals surface area contributed by atoms with Crippen LogP contribution in [-0.4, -0.2) is 28.0 Å². The third kappa shape index (κ3) is 6.83. The maximum absolute atomic E-state index is 11.6. The fourth-order valence-electron chi connectivity index (χ4n) is 1.75. The molecule has 0 bridgehead atoms. The van der Waals surface area contributed by atoms with Crippen molar-refractivity contribution in [2.75, 3.05) is 6.54 Å². The summed E-state index contributed by atoms with van der Waals surface area (Å²) in [6.07, 6.45) is 5.23. The third-order valence-corrected chi connectivity index (χ3v) is 3.87. The number of nitrogens with two attached hydrogens (primary N) is 1. The van der Waals surface area contributed by atoms with E-state index < -0.39 is 5.54 Å². The van der Waals surface area contributed by atoms with Gasteiger partial charge in [0, 0.05) is 36.3 Å². The highest BCUT2D eigenvalue weighted by Crippen LogP contribution is 2.21. The topological polar surface area (TPSA) is 80.9 Å². The van der Waals surface area contributed by atoms with E-state index in [-0.39, 0.29) is 30.7 Å². The molecule has 128 valence electrons. The van der Waals surface area contributed by atoms with Crippen LogP contribution >= 0.6 is 36.2 Å². The van der Waals surface area contributed by atoms with E-state index in [4.69, 9.17) is 5.73 Å². The summed E-state index contributed by atoms with van der Waals surface area (Å²) in [6.45, 7) is 4.01. The maximum atomic E-state index is 11.6. The van der Waals surface area contributed by atoms with Crippen molar-refractivity contribution in [1.82, 2.24) is 15.3 Å². The molecule has 2 heterocycles. The SMILES string of the molecule is CC(C)(N)C(=O)NCCCc1nc(-c2ccncc2)cs1.Cl.Cl. The predicted octanol–water partition coefficient (Wildman–Crippen LogP) is 2.83. The van der Waals surface area contributed by atoms with Gasteiger partial charge in [0.15, 0.2) is 0 Å². The van der Waals surface area contributed by atoms with Crippen molar-refractivity contribution in [3.8, 4) is 11.3 Å². The van der Waals surface area contributed by atoms with Gasteiger partial charge < -0.3 is 11.1 Å². The lowest BCUT2D eigenvalue weighted by molar-refractivity contribution is -0.125. The van der Waals surface area contributed by atoms with Gasteiger partial charge in [0.05, 0.1) is 16.2 Å². The molecule has 0 fully saturated rings. The molecule has 0 aromatic carbocycles. The minimum absolute atomic E-state index is 0. The van der Waals surface area contributed by atoms with E-state index >= 15 is 0 Å². The Hall–Kier alpha value is -1.21. The number of hydrogen-bond acceptors (Lipinski definition) is 5. The molecule has 0 aliphatic rings. The minimum atomic E-state index is -0.824.